The lowest BCUT2D eigenvalue weighted by molar-refractivity contribution is 0.584. The Morgan fingerprint density at radius 2 is 1.71 bits per heavy atom. The molecule has 2 aromatic carbocycles. The van der Waals surface area contributed by atoms with Crippen molar-refractivity contribution >= 4 is 16.9 Å². The zero-order valence-electron chi connectivity index (χ0n) is 20.0. The maximum Gasteiger partial charge on any atom is 0.355 e. The summed E-state index contributed by atoms with van der Waals surface area (Å²) in [6.45, 7) is 8.73. The molecule has 0 spiro atoms. The second-order valence-corrected chi connectivity index (χ2v) is 9.13. The topological polar surface area (TPSA) is 63.1 Å². The number of hydrogen-bond donors (Lipinski definition) is 1. The highest BCUT2D eigenvalue weighted by Gasteiger charge is 2.24. The van der Waals surface area contributed by atoms with Crippen molar-refractivity contribution in [1.82, 2.24) is 19.9 Å². The molecule has 0 radical (unpaired) electrons. The Kier molecular flexibility index (Phi) is 6.06. The molecule has 0 bridgehead atoms. The fourth-order valence-electron chi connectivity index (χ4n) is 4.72. The van der Waals surface area contributed by atoms with Crippen LogP contribution >= 0.6 is 0 Å². The SMILES string of the molecule is Cc1cccc(C(C)C)c1-n1c(=O)nc(N2CCNCC2)c2cc(F)c(-c3ccccc3F)nc21. The molecule has 1 fully saturated rings. The van der Waals surface area contributed by atoms with E-state index in [4.69, 9.17) is 0 Å². The van der Waals surface area contributed by atoms with Gasteiger partial charge in [-0.05, 0) is 42.2 Å². The van der Waals surface area contributed by atoms with Crippen LogP contribution in [-0.2, 0) is 0 Å². The number of piperazine rings is 1. The van der Waals surface area contributed by atoms with E-state index in [1.54, 1.807) is 12.1 Å². The summed E-state index contributed by atoms with van der Waals surface area (Å²) in [6, 6.07) is 13.1. The summed E-state index contributed by atoms with van der Waals surface area (Å²) < 4.78 is 31.6. The number of aromatic nitrogens is 3. The second kappa shape index (κ2) is 9.19. The Balaban J connectivity index is 1.90. The highest BCUT2D eigenvalue weighted by molar-refractivity contribution is 5.90. The van der Waals surface area contributed by atoms with Crippen LogP contribution in [0.25, 0.3) is 28.0 Å². The summed E-state index contributed by atoms with van der Waals surface area (Å²) in [4.78, 5) is 24.6. The van der Waals surface area contributed by atoms with E-state index in [9.17, 15) is 9.18 Å². The second-order valence-electron chi connectivity index (χ2n) is 9.13. The van der Waals surface area contributed by atoms with E-state index in [0.29, 0.717) is 30.0 Å². The molecule has 1 N–H and O–H groups in total. The van der Waals surface area contributed by atoms with Crippen LogP contribution in [0.4, 0.5) is 14.6 Å². The van der Waals surface area contributed by atoms with Gasteiger partial charge in [-0.2, -0.15) is 4.98 Å². The predicted molar refractivity (Wildman–Crippen MR) is 134 cm³/mol. The molecule has 1 saturated heterocycles. The normalized spacial score (nSPS) is 14.2. The quantitative estimate of drug-likeness (QED) is 0.469. The minimum atomic E-state index is -0.667. The first-order valence-corrected chi connectivity index (χ1v) is 11.8. The zero-order chi connectivity index (χ0) is 24.7. The molecule has 8 heteroatoms. The van der Waals surface area contributed by atoms with Crippen molar-refractivity contribution < 1.29 is 8.78 Å². The molecule has 0 atom stereocenters. The van der Waals surface area contributed by atoms with Crippen molar-refractivity contribution in [2.45, 2.75) is 26.7 Å². The molecule has 2 aromatic heterocycles. The van der Waals surface area contributed by atoms with Crippen LogP contribution in [0, 0.1) is 18.6 Å². The number of para-hydroxylation sites is 1. The standard InChI is InChI=1S/C27H27F2N5O/c1-16(2)18-9-6-7-17(3)24(18)34-26-20(25(32-27(34)35)33-13-11-30-12-14-33)15-22(29)23(31-26)19-8-4-5-10-21(19)28/h4-10,15-16,30H,11-14H2,1-3H3. The summed E-state index contributed by atoms with van der Waals surface area (Å²) in [5, 5.41) is 3.69. The summed E-state index contributed by atoms with van der Waals surface area (Å²) in [6.07, 6.45) is 0. The maximum absolute atomic E-state index is 15.5. The molecule has 35 heavy (non-hydrogen) atoms. The van der Waals surface area contributed by atoms with Gasteiger partial charge >= 0.3 is 5.69 Å². The Hall–Kier alpha value is -3.65. The summed E-state index contributed by atoms with van der Waals surface area (Å²) in [7, 11) is 0. The van der Waals surface area contributed by atoms with Crippen LogP contribution < -0.4 is 15.9 Å². The van der Waals surface area contributed by atoms with Gasteiger partial charge in [0.05, 0.1) is 11.1 Å². The first kappa shape index (κ1) is 23.1. The number of benzene rings is 2. The number of nitrogens with zero attached hydrogens (tertiary/aromatic N) is 4. The van der Waals surface area contributed by atoms with Crippen LogP contribution in [0.15, 0.2) is 53.3 Å². The van der Waals surface area contributed by atoms with Crippen molar-refractivity contribution in [3.8, 4) is 16.9 Å². The van der Waals surface area contributed by atoms with Crippen molar-refractivity contribution in [3.63, 3.8) is 0 Å². The molecular formula is C27H27F2N5O. The van der Waals surface area contributed by atoms with Gasteiger partial charge in [0, 0.05) is 31.7 Å². The van der Waals surface area contributed by atoms with Crippen LogP contribution in [0.3, 0.4) is 0 Å². The molecule has 6 nitrogen and oxygen atoms in total. The van der Waals surface area contributed by atoms with E-state index < -0.39 is 17.3 Å². The molecule has 5 rings (SSSR count). The van der Waals surface area contributed by atoms with Gasteiger partial charge in [-0.25, -0.2) is 23.1 Å². The van der Waals surface area contributed by atoms with Gasteiger partial charge in [0.15, 0.2) is 5.65 Å². The molecule has 0 unspecified atom stereocenters. The van der Waals surface area contributed by atoms with Crippen LogP contribution in [-0.4, -0.2) is 40.7 Å². The third kappa shape index (κ3) is 4.08. The van der Waals surface area contributed by atoms with Crippen molar-refractivity contribution in [3.05, 3.63) is 81.8 Å². The molecule has 0 amide bonds. The lowest BCUT2D eigenvalue weighted by Crippen LogP contribution is -2.45. The molecule has 3 heterocycles. The third-order valence-electron chi connectivity index (χ3n) is 6.46. The number of pyridine rings is 1. The number of hydrogen-bond acceptors (Lipinski definition) is 5. The largest absolute Gasteiger partial charge is 0.355 e. The first-order chi connectivity index (χ1) is 16.9. The lowest BCUT2D eigenvalue weighted by Gasteiger charge is -2.29. The summed E-state index contributed by atoms with van der Waals surface area (Å²) in [5.74, 6) is -0.734. The van der Waals surface area contributed by atoms with Gasteiger partial charge in [-0.15, -0.1) is 0 Å². The van der Waals surface area contributed by atoms with Crippen molar-refractivity contribution in [1.29, 1.82) is 0 Å². The summed E-state index contributed by atoms with van der Waals surface area (Å²) >= 11 is 0. The fourth-order valence-corrected chi connectivity index (χ4v) is 4.72. The Morgan fingerprint density at radius 3 is 2.43 bits per heavy atom. The van der Waals surface area contributed by atoms with E-state index in [0.717, 1.165) is 24.2 Å². The number of rotatable bonds is 4. The van der Waals surface area contributed by atoms with E-state index in [1.807, 2.05) is 43.9 Å². The third-order valence-corrected chi connectivity index (χ3v) is 6.46. The number of halogens is 2. The molecule has 0 aliphatic carbocycles. The summed E-state index contributed by atoms with van der Waals surface area (Å²) in [5.41, 5.74) is 2.16. The van der Waals surface area contributed by atoms with E-state index >= 15 is 4.39 Å². The smallest absolute Gasteiger partial charge is 0.353 e. The minimum absolute atomic E-state index is 0.0419. The van der Waals surface area contributed by atoms with Crippen molar-refractivity contribution in [2.75, 3.05) is 31.1 Å². The molecular weight excluding hydrogens is 448 g/mol. The zero-order valence-corrected chi connectivity index (χ0v) is 20.0. The van der Waals surface area contributed by atoms with E-state index in [2.05, 4.69) is 15.3 Å². The highest BCUT2D eigenvalue weighted by Crippen LogP contribution is 2.33. The Bertz CT molecular complexity index is 1470. The monoisotopic (exact) mass is 475 g/mol. The van der Waals surface area contributed by atoms with Gasteiger partial charge in [0.25, 0.3) is 0 Å². The molecule has 4 aromatic rings. The molecule has 180 valence electrons. The predicted octanol–water partition coefficient (Wildman–Crippen LogP) is 4.57. The number of anilines is 1. The minimum Gasteiger partial charge on any atom is -0.353 e. The van der Waals surface area contributed by atoms with Crippen LogP contribution in [0.2, 0.25) is 0 Å². The maximum atomic E-state index is 15.5. The van der Waals surface area contributed by atoms with Crippen LogP contribution in [0.1, 0.15) is 30.9 Å². The van der Waals surface area contributed by atoms with Crippen molar-refractivity contribution in [2.24, 2.45) is 0 Å². The lowest BCUT2D eigenvalue weighted by atomic mass is 9.98. The average Bonchev–Trinajstić information content (AvgIpc) is 2.85. The number of nitrogens with one attached hydrogen (secondary N) is 1. The highest BCUT2D eigenvalue weighted by atomic mass is 19.1. The van der Waals surface area contributed by atoms with Gasteiger partial charge in [0.1, 0.15) is 23.1 Å². The van der Waals surface area contributed by atoms with E-state index in [-0.39, 0.29) is 22.8 Å². The number of fused-ring (bicyclic) bond motifs is 1. The van der Waals surface area contributed by atoms with Gasteiger partial charge in [-0.1, -0.05) is 44.2 Å². The Morgan fingerprint density at radius 1 is 0.971 bits per heavy atom. The van der Waals surface area contributed by atoms with Crippen LogP contribution in [0.5, 0.6) is 0 Å². The molecule has 0 saturated carbocycles. The number of aryl methyl sites for hydroxylation is 1. The fraction of sp³-hybridized carbons (Fsp3) is 0.296. The molecule has 1 aliphatic rings. The molecule has 1 aliphatic heterocycles. The van der Waals surface area contributed by atoms with Gasteiger partial charge in [0.2, 0.25) is 0 Å². The Labute approximate surface area is 202 Å². The first-order valence-electron chi connectivity index (χ1n) is 11.8. The van der Waals surface area contributed by atoms with Gasteiger partial charge < -0.3 is 10.2 Å². The van der Waals surface area contributed by atoms with Gasteiger partial charge in [-0.3, -0.25) is 0 Å². The average molecular weight is 476 g/mol. The van der Waals surface area contributed by atoms with E-state index in [1.165, 1.54) is 22.8 Å².